The molecule has 4 atom stereocenters. The van der Waals surface area contributed by atoms with Gasteiger partial charge in [-0.25, -0.2) is 0 Å². The molecule has 126 valence electrons. The fourth-order valence-corrected chi connectivity index (χ4v) is 5.57. The zero-order valence-corrected chi connectivity index (χ0v) is 14.2. The van der Waals surface area contributed by atoms with Crippen LogP contribution in [0, 0.1) is 17.3 Å². The summed E-state index contributed by atoms with van der Waals surface area (Å²) in [5, 5.41) is 10.2. The van der Waals surface area contributed by atoms with E-state index in [1.165, 1.54) is 0 Å². The van der Waals surface area contributed by atoms with E-state index in [2.05, 4.69) is 13.5 Å². The van der Waals surface area contributed by atoms with Crippen LogP contribution in [0.4, 0.5) is 0 Å². The average Bonchev–Trinajstić information content (AvgIpc) is 2.85. The molecule has 0 bridgehead atoms. The number of phenols is 1. The normalized spacial score (nSPS) is 34.5. The second-order valence-electron chi connectivity index (χ2n) is 7.98. The van der Waals surface area contributed by atoms with Gasteiger partial charge in [-0.15, -0.1) is 6.58 Å². The Labute approximate surface area is 142 Å². The second kappa shape index (κ2) is 5.30. The highest BCUT2D eigenvalue weighted by Gasteiger charge is 2.55. The number of rotatable bonds is 2. The lowest BCUT2D eigenvalue weighted by Crippen LogP contribution is -2.43. The summed E-state index contributed by atoms with van der Waals surface area (Å²) in [6, 6.07) is 3.67. The van der Waals surface area contributed by atoms with E-state index in [0.29, 0.717) is 42.4 Å². The maximum Gasteiger partial charge on any atom is 0.163 e. The second-order valence-corrected chi connectivity index (χ2v) is 7.98. The van der Waals surface area contributed by atoms with E-state index < -0.39 is 0 Å². The van der Waals surface area contributed by atoms with Crippen molar-refractivity contribution in [2.45, 2.75) is 51.4 Å². The summed E-state index contributed by atoms with van der Waals surface area (Å²) in [4.78, 5) is 25.1. The third-order valence-electron chi connectivity index (χ3n) is 6.88. The number of ketones is 2. The van der Waals surface area contributed by atoms with Crippen molar-refractivity contribution >= 4 is 11.6 Å². The third-order valence-corrected chi connectivity index (χ3v) is 6.88. The van der Waals surface area contributed by atoms with Gasteiger partial charge in [-0.1, -0.05) is 19.1 Å². The lowest BCUT2D eigenvalue weighted by Gasteiger charge is -2.47. The summed E-state index contributed by atoms with van der Waals surface area (Å²) in [5.41, 5.74) is 2.40. The number of hydrogen-bond donors (Lipinski definition) is 1. The summed E-state index contributed by atoms with van der Waals surface area (Å²) in [6.07, 6.45) is 6.37. The molecule has 0 radical (unpaired) electrons. The zero-order chi connectivity index (χ0) is 17.1. The van der Waals surface area contributed by atoms with E-state index >= 15 is 0 Å². The number of benzene rings is 1. The standard InChI is InChI=1S/C21H24O3/c1-3-4-12-9-14-13-7-8-21(2)17(5-6-20(21)24)15(13)10-19(23)16(14)11-18(12)22/h3,9,11,13,15,17,22H,1,4-8,10H2,2H3/t13?,15?,17?,21-/m0/s1. The van der Waals surface area contributed by atoms with Crippen LogP contribution < -0.4 is 0 Å². The van der Waals surface area contributed by atoms with Crippen molar-refractivity contribution in [3.8, 4) is 5.75 Å². The Balaban J connectivity index is 1.79. The minimum atomic E-state index is -0.222. The SMILES string of the molecule is C=CCc1cc2c(cc1O)C(=O)CC1C2CC[C@]2(C)C(=O)CCC12. The van der Waals surface area contributed by atoms with Gasteiger partial charge in [0.1, 0.15) is 11.5 Å². The molecular formula is C21H24O3. The van der Waals surface area contributed by atoms with Gasteiger partial charge < -0.3 is 5.11 Å². The van der Waals surface area contributed by atoms with Crippen LogP contribution in [0.1, 0.15) is 66.4 Å². The number of Topliss-reactive ketones (excluding diaryl/α,β-unsaturated/α-hetero) is 2. The zero-order valence-electron chi connectivity index (χ0n) is 14.2. The molecule has 3 aliphatic rings. The summed E-state index contributed by atoms with van der Waals surface area (Å²) in [5.74, 6) is 1.65. The van der Waals surface area contributed by atoms with Crippen molar-refractivity contribution in [3.05, 3.63) is 41.5 Å². The first kappa shape index (κ1) is 15.6. The minimum Gasteiger partial charge on any atom is -0.508 e. The Morgan fingerprint density at radius 3 is 2.88 bits per heavy atom. The maximum atomic E-state index is 12.7. The van der Waals surface area contributed by atoms with Crippen LogP contribution in [0.3, 0.4) is 0 Å². The van der Waals surface area contributed by atoms with E-state index in [-0.39, 0.29) is 22.9 Å². The van der Waals surface area contributed by atoms with Crippen molar-refractivity contribution in [1.29, 1.82) is 0 Å². The molecular weight excluding hydrogens is 300 g/mol. The molecule has 0 aromatic heterocycles. The smallest absolute Gasteiger partial charge is 0.163 e. The molecule has 3 aliphatic carbocycles. The number of aromatic hydroxyl groups is 1. The van der Waals surface area contributed by atoms with E-state index in [1.807, 2.05) is 6.07 Å². The van der Waals surface area contributed by atoms with Crippen molar-refractivity contribution < 1.29 is 14.7 Å². The molecule has 0 heterocycles. The summed E-state index contributed by atoms with van der Waals surface area (Å²) in [6.45, 7) is 5.87. The Bertz CT molecular complexity index is 748. The van der Waals surface area contributed by atoms with Crippen LogP contribution >= 0.6 is 0 Å². The van der Waals surface area contributed by atoms with Crippen LogP contribution in [0.5, 0.6) is 5.75 Å². The van der Waals surface area contributed by atoms with Crippen LogP contribution in [-0.4, -0.2) is 16.7 Å². The van der Waals surface area contributed by atoms with Crippen LogP contribution in [0.25, 0.3) is 0 Å². The fourth-order valence-electron chi connectivity index (χ4n) is 5.57. The monoisotopic (exact) mass is 324 g/mol. The lowest BCUT2D eigenvalue weighted by atomic mass is 9.55. The van der Waals surface area contributed by atoms with E-state index in [1.54, 1.807) is 12.1 Å². The van der Waals surface area contributed by atoms with Gasteiger partial charge in [-0.2, -0.15) is 0 Å². The molecule has 3 heteroatoms. The molecule has 4 rings (SSSR count). The molecule has 0 saturated heterocycles. The largest absolute Gasteiger partial charge is 0.508 e. The predicted octanol–water partition coefficient (Wildman–Crippen LogP) is 4.19. The number of allylic oxidation sites excluding steroid dienone is 1. The number of carbonyl (C=O) groups excluding carboxylic acids is 2. The third kappa shape index (κ3) is 2.03. The fraction of sp³-hybridized carbons (Fsp3) is 0.524. The first-order valence-electron chi connectivity index (χ1n) is 8.99. The molecule has 1 N–H and O–H groups in total. The minimum absolute atomic E-state index is 0.121. The molecule has 24 heavy (non-hydrogen) atoms. The molecule has 2 fully saturated rings. The number of carbonyl (C=O) groups is 2. The number of fused-ring (bicyclic) bond motifs is 5. The summed E-state index contributed by atoms with van der Waals surface area (Å²) in [7, 11) is 0. The van der Waals surface area contributed by atoms with Gasteiger partial charge in [0.15, 0.2) is 5.78 Å². The van der Waals surface area contributed by atoms with Gasteiger partial charge in [0.05, 0.1) is 0 Å². The van der Waals surface area contributed by atoms with Gasteiger partial charge in [-0.05, 0) is 60.6 Å². The molecule has 3 unspecified atom stereocenters. The first-order valence-corrected chi connectivity index (χ1v) is 8.99. The molecule has 0 spiro atoms. The molecule has 2 saturated carbocycles. The highest BCUT2D eigenvalue weighted by atomic mass is 16.3. The average molecular weight is 324 g/mol. The summed E-state index contributed by atoms with van der Waals surface area (Å²) >= 11 is 0. The van der Waals surface area contributed by atoms with Gasteiger partial charge in [0, 0.05) is 23.8 Å². The van der Waals surface area contributed by atoms with E-state index in [9.17, 15) is 14.7 Å². The van der Waals surface area contributed by atoms with Crippen molar-refractivity contribution in [2.75, 3.05) is 0 Å². The highest BCUT2D eigenvalue weighted by molar-refractivity contribution is 6.00. The predicted molar refractivity (Wildman–Crippen MR) is 92.3 cm³/mol. The van der Waals surface area contributed by atoms with Crippen LogP contribution in [-0.2, 0) is 11.2 Å². The van der Waals surface area contributed by atoms with Crippen molar-refractivity contribution in [2.24, 2.45) is 17.3 Å². The Kier molecular flexibility index (Phi) is 3.45. The van der Waals surface area contributed by atoms with E-state index in [4.69, 9.17) is 0 Å². The summed E-state index contributed by atoms with van der Waals surface area (Å²) < 4.78 is 0. The van der Waals surface area contributed by atoms with Crippen molar-refractivity contribution in [1.82, 2.24) is 0 Å². The molecule has 0 aliphatic heterocycles. The molecule has 3 nitrogen and oxygen atoms in total. The van der Waals surface area contributed by atoms with Crippen LogP contribution in [0.15, 0.2) is 24.8 Å². The number of phenolic OH excluding ortho intramolecular Hbond substituents is 1. The molecule has 0 amide bonds. The van der Waals surface area contributed by atoms with Gasteiger partial charge >= 0.3 is 0 Å². The maximum absolute atomic E-state index is 12.7. The Morgan fingerprint density at radius 1 is 1.33 bits per heavy atom. The molecule has 1 aromatic rings. The topological polar surface area (TPSA) is 54.4 Å². The Morgan fingerprint density at radius 2 is 2.12 bits per heavy atom. The van der Waals surface area contributed by atoms with Crippen molar-refractivity contribution in [3.63, 3.8) is 0 Å². The highest BCUT2D eigenvalue weighted by Crippen LogP contribution is 2.59. The van der Waals surface area contributed by atoms with E-state index in [0.717, 1.165) is 30.4 Å². The lowest BCUT2D eigenvalue weighted by molar-refractivity contribution is -0.129. The Hall–Kier alpha value is -1.90. The quantitative estimate of drug-likeness (QED) is 0.830. The molecule has 1 aromatic carbocycles. The van der Waals surface area contributed by atoms with Gasteiger partial charge in [-0.3, -0.25) is 9.59 Å². The van der Waals surface area contributed by atoms with Gasteiger partial charge in [0.2, 0.25) is 0 Å². The number of hydrogen-bond acceptors (Lipinski definition) is 3. The first-order chi connectivity index (χ1) is 11.5. The van der Waals surface area contributed by atoms with Crippen LogP contribution in [0.2, 0.25) is 0 Å². The van der Waals surface area contributed by atoms with Gasteiger partial charge in [0.25, 0.3) is 0 Å².